The van der Waals surface area contributed by atoms with Crippen LogP contribution in [0, 0.1) is 11.3 Å². The quantitative estimate of drug-likeness (QED) is 0.395. The SMILES string of the molecule is CC(=O)Nc1ccc(Nc2c(-c3ccc4c(c3)NC(=O)CO4)[nH]c3c(C#N)cnn23)cc1. The number of carbonyl (C=O) groups is 2. The predicted molar refractivity (Wildman–Crippen MR) is 118 cm³/mol. The van der Waals surface area contributed by atoms with Crippen LogP contribution in [0.5, 0.6) is 5.75 Å². The van der Waals surface area contributed by atoms with Crippen molar-refractivity contribution in [2.75, 3.05) is 22.6 Å². The van der Waals surface area contributed by atoms with Crippen molar-refractivity contribution in [3.8, 4) is 23.1 Å². The molecule has 3 heterocycles. The molecule has 0 saturated heterocycles. The molecule has 2 aromatic carbocycles. The fourth-order valence-corrected chi connectivity index (χ4v) is 3.54. The summed E-state index contributed by atoms with van der Waals surface area (Å²) in [5, 5.41) is 22.6. The first kappa shape index (κ1) is 19.2. The van der Waals surface area contributed by atoms with Crippen molar-refractivity contribution < 1.29 is 14.3 Å². The van der Waals surface area contributed by atoms with Crippen molar-refractivity contribution in [3.63, 3.8) is 0 Å². The van der Waals surface area contributed by atoms with E-state index in [4.69, 9.17) is 4.74 Å². The van der Waals surface area contributed by atoms with E-state index in [9.17, 15) is 14.9 Å². The minimum Gasteiger partial charge on any atom is -0.482 e. The van der Waals surface area contributed by atoms with Crippen LogP contribution in [0.15, 0.2) is 48.7 Å². The molecular formula is C22H17N7O3. The number of aromatic nitrogens is 3. The summed E-state index contributed by atoms with van der Waals surface area (Å²) in [4.78, 5) is 26.2. The first-order chi connectivity index (χ1) is 15.5. The van der Waals surface area contributed by atoms with E-state index in [1.165, 1.54) is 13.1 Å². The number of ether oxygens (including phenoxy) is 1. The largest absolute Gasteiger partial charge is 0.482 e. The van der Waals surface area contributed by atoms with Gasteiger partial charge in [0.05, 0.1) is 17.6 Å². The van der Waals surface area contributed by atoms with E-state index in [0.717, 1.165) is 11.3 Å². The Morgan fingerprint density at radius 2 is 2.00 bits per heavy atom. The van der Waals surface area contributed by atoms with Gasteiger partial charge in [-0.05, 0) is 42.5 Å². The normalized spacial score (nSPS) is 12.4. The zero-order valence-corrected chi connectivity index (χ0v) is 16.9. The van der Waals surface area contributed by atoms with Gasteiger partial charge in [0.2, 0.25) is 5.91 Å². The highest BCUT2D eigenvalue weighted by atomic mass is 16.5. The number of nitrogens with zero attached hydrogens (tertiary/aromatic N) is 3. The Hall–Kier alpha value is -4.78. The predicted octanol–water partition coefficient (Wildman–Crippen LogP) is 3.23. The minimum absolute atomic E-state index is 0.0184. The number of anilines is 4. The summed E-state index contributed by atoms with van der Waals surface area (Å²) in [6.07, 6.45) is 1.49. The van der Waals surface area contributed by atoms with Gasteiger partial charge in [0.25, 0.3) is 5.91 Å². The van der Waals surface area contributed by atoms with Crippen LogP contribution in [0.4, 0.5) is 22.9 Å². The highest BCUT2D eigenvalue weighted by Gasteiger charge is 2.21. The molecule has 10 heteroatoms. The van der Waals surface area contributed by atoms with Crippen molar-refractivity contribution in [3.05, 3.63) is 54.2 Å². The van der Waals surface area contributed by atoms with Gasteiger partial charge in [-0.25, -0.2) is 0 Å². The Balaban J connectivity index is 1.58. The van der Waals surface area contributed by atoms with Gasteiger partial charge in [-0.3, -0.25) is 9.59 Å². The van der Waals surface area contributed by atoms with Crippen LogP contribution in [-0.4, -0.2) is 33.0 Å². The number of nitriles is 1. The maximum Gasteiger partial charge on any atom is 0.262 e. The van der Waals surface area contributed by atoms with E-state index in [1.54, 1.807) is 28.8 Å². The zero-order chi connectivity index (χ0) is 22.2. The molecule has 0 unspecified atom stereocenters. The smallest absolute Gasteiger partial charge is 0.262 e. The van der Waals surface area contributed by atoms with E-state index in [2.05, 4.69) is 32.1 Å². The third-order valence-corrected chi connectivity index (χ3v) is 4.95. The Morgan fingerprint density at radius 1 is 1.22 bits per heavy atom. The molecule has 32 heavy (non-hydrogen) atoms. The van der Waals surface area contributed by atoms with Crippen molar-refractivity contribution >= 4 is 40.3 Å². The average Bonchev–Trinajstić information content (AvgIpc) is 3.34. The van der Waals surface area contributed by atoms with Crippen LogP contribution in [0.25, 0.3) is 16.9 Å². The number of imidazole rings is 1. The number of H-pyrrole nitrogens is 1. The number of hydrogen-bond donors (Lipinski definition) is 4. The molecule has 4 N–H and O–H groups in total. The van der Waals surface area contributed by atoms with Gasteiger partial charge in [0, 0.05) is 23.9 Å². The Morgan fingerprint density at radius 3 is 2.75 bits per heavy atom. The summed E-state index contributed by atoms with van der Waals surface area (Å²) in [6.45, 7) is 1.43. The second-order valence-electron chi connectivity index (χ2n) is 7.21. The zero-order valence-electron chi connectivity index (χ0n) is 16.9. The molecule has 158 valence electrons. The Bertz CT molecular complexity index is 1410. The van der Waals surface area contributed by atoms with Gasteiger partial charge in [-0.15, -0.1) is 0 Å². The van der Waals surface area contributed by atoms with Gasteiger partial charge in [-0.1, -0.05) is 0 Å². The van der Waals surface area contributed by atoms with Crippen LogP contribution >= 0.6 is 0 Å². The third-order valence-electron chi connectivity index (χ3n) is 4.95. The van der Waals surface area contributed by atoms with Crippen LogP contribution in [0.3, 0.4) is 0 Å². The second-order valence-corrected chi connectivity index (χ2v) is 7.21. The fourth-order valence-electron chi connectivity index (χ4n) is 3.54. The van der Waals surface area contributed by atoms with Gasteiger partial charge in [-0.2, -0.15) is 14.9 Å². The van der Waals surface area contributed by atoms with E-state index in [1.807, 2.05) is 18.2 Å². The topological polar surface area (TPSA) is 136 Å². The highest BCUT2D eigenvalue weighted by molar-refractivity contribution is 5.96. The molecule has 1 aliphatic heterocycles. The monoisotopic (exact) mass is 427 g/mol. The van der Waals surface area contributed by atoms with Crippen LogP contribution in [-0.2, 0) is 9.59 Å². The molecular weight excluding hydrogens is 410 g/mol. The van der Waals surface area contributed by atoms with E-state index >= 15 is 0 Å². The van der Waals surface area contributed by atoms with Crippen LogP contribution < -0.4 is 20.7 Å². The lowest BCUT2D eigenvalue weighted by Gasteiger charge is -2.18. The number of aromatic amines is 1. The summed E-state index contributed by atoms with van der Waals surface area (Å²) < 4.78 is 7.06. The van der Waals surface area contributed by atoms with Crippen molar-refractivity contribution in [2.24, 2.45) is 0 Å². The summed E-state index contributed by atoms with van der Waals surface area (Å²) >= 11 is 0. The van der Waals surface area contributed by atoms with E-state index in [0.29, 0.717) is 39.8 Å². The van der Waals surface area contributed by atoms with Crippen LogP contribution in [0.2, 0.25) is 0 Å². The first-order valence-corrected chi connectivity index (χ1v) is 9.73. The van der Waals surface area contributed by atoms with Gasteiger partial charge >= 0.3 is 0 Å². The number of benzene rings is 2. The van der Waals surface area contributed by atoms with Crippen molar-refractivity contribution in [1.29, 1.82) is 5.26 Å². The lowest BCUT2D eigenvalue weighted by atomic mass is 10.1. The molecule has 5 rings (SSSR count). The Labute approximate surface area is 181 Å². The van der Waals surface area contributed by atoms with Crippen molar-refractivity contribution in [1.82, 2.24) is 14.6 Å². The number of carbonyl (C=O) groups excluding carboxylic acids is 2. The molecule has 0 aliphatic carbocycles. The number of amides is 2. The molecule has 0 atom stereocenters. The second kappa shape index (κ2) is 7.48. The molecule has 10 nitrogen and oxygen atoms in total. The summed E-state index contributed by atoms with van der Waals surface area (Å²) in [5.74, 6) is 0.826. The summed E-state index contributed by atoms with van der Waals surface area (Å²) in [5.41, 5.74) is 4.38. The molecule has 4 aromatic rings. The fraction of sp³-hybridized carbons (Fsp3) is 0.0909. The van der Waals surface area contributed by atoms with Gasteiger partial charge in [0.15, 0.2) is 18.1 Å². The standard InChI is InChI=1S/C22H17N7O3/c1-12(30)25-15-3-5-16(6-4-15)26-22-20(28-21-14(9-23)10-24-29(21)22)13-2-7-18-17(8-13)27-19(31)11-32-18/h2-8,10,26,28H,11H2,1H3,(H,25,30)(H,27,31). The molecule has 0 radical (unpaired) electrons. The first-order valence-electron chi connectivity index (χ1n) is 9.73. The molecule has 1 aliphatic rings. The molecule has 0 spiro atoms. The number of nitrogens with one attached hydrogen (secondary N) is 4. The molecule has 0 fully saturated rings. The third kappa shape index (κ3) is 3.37. The summed E-state index contributed by atoms with van der Waals surface area (Å²) in [6, 6.07) is 14.8. The lowest BCUT2D eigenvalue weighted by molar-refractivity contribution is -0.118. The van der Waals surface area contributed by atoms with Crippen LogP contribution in [0.1, 0.15) is 12.5 Å². The number of fused-ring (bicyclic) bond motifs is 2. The molecule has 0 bridgehead atoms. The maximum atomic E-state index is 11.7. The van der Waals surface area contributed by atoms with E-state index < -0.39 is 0 Å². The minimum atomic E-state index is -0.222. The maximum absolute atomic E-state index is 11.7. The molecule has 2 aromatic heterocycles. The highest BCUT2D eigenvalue weighted by Crippen LogP contribution is 2.37. The van der Waals surface area contributed by atoms with E-state index in [-0.39, 0.29) is 18.4 Å². The van der Waals surface area contributed by atoms with Gasteiger partial charge in [0.1, 0.15) is 17.4 Å². The lowest BCUT2D eigenvalue weighted by Crippen LogP contribution is -2.25. The number of rotatable bonds is 4. The van der Waals surface area contributed by atoms with Crippen molar-refractivity contribution in [2.45, 2.75) is 6.92 Å². The molecule has 2 amide bonds. The summed E-state index contributed by atoms with van der Waals surface area (Å²) in [7, 11) is 0. The molecule has 0 saturated carbocycles. The average molecular weight is 427 g/mol. The van der Waals surface area contributed by atoms with Gasteiger partial charge < -0.3 is 25.7 Å². The number of hydrogen-bond acceptors (Lipinski definition) is 6. The Kier molecular flexibility index (Phi) is 4.49.